The van der Waals surface area contributed by atoms with Crippen LogP contribution < -0.4 is 10.6 Å². The molecule has 1 unspecified atom stereocenters. The normalized spacial score (nSPS) is 20.2. The van der Waals surface area contributed by atoms with Crippen LogP contribution >= 0.6 is 0 Å². The van der Waals surface area contributed by atoms with Crippen molar-refractivity contribution in [3.63, 3.8) is 0 Å². The number of carbonyl (C=O) groups is 1. The Kier molecular flexibility index (Phi) is 3.54. The number of nitrogens with zero attached hydrogens (tertiary/aromatic N) is 1. The minimum absolute atomic E-state index is 0.0877. The van der Waals surface area contributed by atoms with Crippen LogP contribution in [0.4, 0.5) is 23.7 Å². The van der Waals surface area contributed by atoms with E-state index in [0.29, 0.717) is 11.3 Å². The Morgan fingerprint density at radius 3 is 2.74 bits per heavy atom. The first-order chi connectivity index (χ1) is 10.8. The lowest BCUT2D eigenvalue weighted by Crippen LogP contribution is -2.55. The second-order valence-electron chi connectivity index (χ2n) is 5.45. The Morgan fingerprint density at radius 2 is 2.09 bits per heavy atom. The number of aryl methyl sites for hydroxylation is 2. The maximum atomic E-state index is 13.7. The Balaban J connectivity index is 1.90. The van der Waals surface area contributed by atoms with Crippen molar-refractivity contribution < 1.29 is 22.5 Å². The van der Waals surface area contributed by atoms with Gasteiger partial charge in [-0.2, -0.15) is 13.2 Å². The van der Waals surface area contributed by atoms with Crippen LogP contribution in [0.5, 0.6) is 0 Å². The second kappa shape index (κ2) is 5.29. The van der Waals surface area contributed by atoms with Crippen molar-refractivity contribution in [3.8, 4) is 0 Å². The van der Waals surface area contributed by atoms with Crippen molar-refractivity contribution >= 4 is 11.7 Å². The van der Waals surface area contributed by atoms with Gasteiger partial charge < -0.3 is 15.2 Å². The van der Waals surface area contributed by atoms with Gasteiger partial charge in [-0.25, -0.2) is 4.79 Å². The largest absolute Gasteiger partial charge is 0.415 e. The number of alkyl halides is 3. The molecule has 2 aromatic rings. The van der Waals surface area contributed by atoms with Crippen molar-refractivity contribution in [1.82, 2.24) is 10.5 Å². The third-order valence-corrected chi connectivity index (χ3v) is 4.06. The molecule has 23 heavy (non-hydrogen) atoms. The molecule has 8 heteroatoms. The molecule has 5 nitrogen and oxygen atoms in total. The molecular weight excluding hydrogens is 311 g/mol. The van der Waals surface area contributed by atoms with Crippen LogP contribution in [0.3, 0.4) is 0 Å². The molecule has 2 N–H and O–H groups in total. The van der Waals surface area contributed by atoms with E-state index in [1.807, 2.05) is 0 Å². The van der Waals surface area contributed by atoms with Crippen LogP contribution in [0.25, 0.3) is 0 Å². The van der Waals surface area contributed by atoms with E-state index in [0.717, 1.165) is 6.26 Å². The van der Waals surface area contributed by atoms with Gasteiger partial charge in [-0.1, -0.05) is 29.4 Å². The maximum Gasteiger partial charge on any atom is 0.415 e. The van der Waals surface area contributed by atoms with E-state index in [9.17, 15) is 18.0 Å². The molecule has 0 bridgehead atoms. The number of nitrogens with one attached hydrogen (secondary N) is 2. The van der Waals surface area contributed by atoms with Crippen LogP contribution in [0.2, 0.25) is 0 Å². The van der Waals surface area contributed by atoms with Gasteiger partial charge in [0.2, 0.25) is 0 Å². The molecule has 2 amide bonds. The summed E-state index contributed by atoms with van der Waals surface area (Å²) in [5.41, 5.74) is -1.10. The number of urea groups is 1. The Hall–Kier alpha value is -2.51. The molecule has 0 radical (unpaired) electrons. The molecule has 122 valence electrons. The molecule has 3 rings (SSSR count). The molecule has 1 aliphatic rings. The zero-order valence-electron chi connectivity index (χ0n) is 12.2. The van der Waals surface area contributed by atoms with Gasteiger partial charge in [-0.15, -0.1) is 0 Å². The van der Waals surface area contributed by atoms with Gasteiger partial charge in [0.25, 0.3) is 0 Å². The monoisotopic (exact) mass is 325 g/mol. The molecule has 1 aliphatic carbocycles. The summed E-state index contributed by atoms with van der Waals surface area (Å²) in [4.78, 5) is 12.1. The number of fused-ring (bicyclic) bond motifs is 1. The molecule has 1 aromatic heterocycles. The first-order valence-electron chi connectivity index (χ1n) is 6.99. The van der Waals surface area contributed by atoms with Crippen LogP contribution in [-0.2, 0) is 12.0 Å². The summed E-state index contributed by atoms with van der Waals surface area (Å²) in [7, 11) is 0. The molecule has 0 saturated carbocycles. The molecule has 0 saturated heterocycles. The van der Waals surface area contributed by atoms with Crippen molar-refractivity contribution in [2.75, 3.05) is 5.32 Å². The third-order valence-electron chi connectivity index (χ3n) is 4.06. The van der Waals surface area contributed by atoms with Gasteiger partial charge >= 0.3 is 12.2 Å². The molecule has 0 spiro atoms. The Bertz CT molecular complexity index is 742. The fourth-order valence-corrected chi connectivity index (χ4v) is 2.87. The smallest absolute Gasteiger partial charge is 0.362 e. The number of benzene rings is 1. The first kappa shape index (κ1) is 15.4. The Morgan fingerprint density at radius 1 is 1.35 bits per heavy atom. The highest BCUT2D eigenvalue weighted by atomic mass is 19.4. The third kappa shape index (κ3) is 2.54. The number of anilines is 1. The SMILES string of the molecule is Cc1nocc1NC(=O)NC1(C(F)(F)F)CCc2ccccc21. The van der Waals surface area contributed by atoms with Crippen LogP contribution in [0.1, 0.15) is 23.2 Å². The predicted molar refractivity (Wildman–Crippen MR) is 75.9 cm³/mol. The van der Waals surface area contributed by atoms with Crippen LogP contribution in [0, 0.1) is 6.92 Å². The van der Waals surface area contributed by atoms with Crippen LogP contribution in [0.15, 0.2) is 35.1 Å². The number of aromatic nitrogens is 1. The number of amides is 2. The van der Waals surface area contributed by atoms with Gasteiger partial charge in [0.15, 0.2) is 5.54 Å². The highest BCUT2D eigenvalue weighted by Gasteiger charge is 2.59. The van der Waals surface area contributed by atoms with E-state index in [4.69, 9.17) is 0 Å². The quantitative estimate of drug-likeness (QED) is 0.888. The minimum atomic E-state index is -4.61. The minimum Gasteiger partial charge on any atom is -0.362 e. The van der Waals surface area contributed by atoms with Crippen molar-refractivity contribution in [2.45, 2.75) is 31.5 Å². The van der Waals surface area contributed by atoms with E-state index in [-0.39, 0.29) is 24.1 Å². The molecule has 1 aromatic carbocycles. The van der Waals surface area contributed by atoms with Crippen molar-refractivity contribution in [1.29, 1.82) is 0 Å². The van der Waals surface area contributed by atoms with Gasteiger partial charge in [0.1, 0.15) is 17.6 Å². The Labute approximate surface area is 129 Å². The molecular formula is C15H14F3N3O2. The average Bonchev–Trinajstić information content (AvgIpc) is 3.04. The number of halogens is 3. The topological polar surface area (TPSA) is 67.2 Å². The summed E-state index contributed by atoms with van der Waals surface area (Å²) in [5, 5.41) is 8.01. The number of hydrogen-bond donors (Lipinski definition) is 2. The summed E-state index contributed by atoms with van der Waals surface area (Å²) in [6.07, 6.45) is -3.42. The predicted octanol–water partition coefficient (Wildman–Crippen LogP) is 3.51. The van der Waals surface area contributed by atoms with Gasteiger partial charge in [0, 0.05) is 0 Å². The zero-order chi connectivity index (χ0) is 16.7. The lowest BCUT2D eigenvalue weighted by molar-refractivity contribution is -0.196. The fraction of sp³-hybridized carbons (Fsp3) is 0.333. The fourth-order valence-electron chi connectivity index (χ4n) is 2.87. The zero-order valence-corrected chi connectivity index (χ0v) is 12.2. The van der Waals surface area contributed by atoms with Gasteiger partial charge in [-0.3, -0.25) is 0 Å². The highest BCUT2D eigenvalue weighted by Crippen LogP contribution is 2.48. The second-order valence-corrected chi connectivity index (χ2v) is 5.45. The standard InChI is InChI=1S/C15H14F3N3O2/c1-9-12(8-23-21-9)19-13(22)20-14(15(16,17)18)7-6-10-4-2-3-5-11(10)14/h2-5,8H,6-7H2,1H3,(H2,19,20,22). The van der Waals surface area contributed by atoms with E-state index >= 15 is 0 Å². The molecule has 0 aliphatic heterocycles. The van der Waals surface area contributed by atoms with E-state index in [1.54, 1.807) is 19.1 Å². The van der Waals surface area contributed by atoms with Crippen LogP contribution in [-0.4, -0.2) is 17.4 Å². The maximum absolute atomic E-state index is 13.7. The number of carbonyl (C=O) groups excluding carboxylic acids is 1. The van der Waals surface area contributed by atoms with Crippen molar-refractivity contribution in [3.05, 3.63) is 47.3 Å². The lowest BCUT2D eigenvalue weighted by atomic mass is 9.91. The van der Waals surface area contributed by atoms with E-state index in [1.165, 1.54) is 12.1 Å². The van der Waals surface area contributed by atoms with Crippen molar-refractivity contribution in [2.24, 2.45) is 0 Å². The van der Waals surface area contributed by atoms with Gasteiger partial charge in [-0.05, 0) is 30.9 Å². The molecule has 1 atom stereocenters. The summed E-state index contributed by atoms with van der Waals surface area (Å²) in [6, 6.07) is 5.32. The summed E-state index contributed by atoms with van der Waals surface area (Å²) < 4.78 is 45.9. The van der Waals surface area contributed by atoms with E-state index < -0.39 is 17.7 Å². The number of hydrogen-bond acceptors (Lipinski definition) is 3. The summed E-state index contributed by atoms with van der Waals surface area (Å²) in [6.45, 7) is 1.57. The molecule has 0 fully saturated rings. The molecule has 1 heterocycles. The summed E-state index contributed by atoms with van der Waals surface area (Å²) >= 11 is 0. The van der Waals surface area contributed by atoms with Gasteiger partial charge in [0.05, 0.1) is 0 Å². The first-order valence-corrected chi connectivity index (χ1v) is 6.99. The number of rotatable bonds is 2. The highest BCUT2D eigenvalue weighted by molar-refractivity contribution is 5.90. The van der Waals surface area contributed by atoms with E-state index in [2.05, 4.69) is 20.3 Å². The summed E-state index contributed by atoms with van der Waals surface area (Å²) in [5.74, 6) is 0. The average molecular weight is 325 g/mol. The lowest BCUT2D eigenvalue weighted by Gasteiger charge is -2.33.